The van der Waals surface area contributed by atoms with Crippen LogP contribution in [-0.2, 0) is 4.79 Å². The number of Topliss-reactive ketones (excluding diaryl/α,β-unsaturated/α-hetero) is 1. The summed E-state index contributed by atoms with van der Waals surface area (Å²) in [6, 6.07) is 4.06. The molecule has 0 unspecified atom stereocenters. The molecule has 0 aromatic heterocycles. The fraction of sp³-hybridized carbons (Fsp3) is 0.200. The maximum atomic E-state index is 12.9. The van der Waals surface area contributed by atoms with Crippen molar-refractivity contribution in [2.75, 3.05) is 0 Å². The Labute approximate surface area is 100.0 Å². The van der Waals surface area contributed by atoms with Crippen molar-refractivity contribution in [1.29, 1.82) is 0 Å². The van der Waals surface area contributed by atoms with E-state index in [0.717, 1.165) is 6.07 Å². The first-order valence-electron chi connectivity index (χ1n) is 4.26. The standard InChI is InChI=1S/C10H9FINO2/c11-7-3-6(4-8(12)5-7)9(14)1-2-10(13)15/h3-5H,1-2H2,(H2,13,15). The molecule has 0 aliphatic heterocycles. The summed E-state index contributed by atoms with van der Waals surface area (Å²) in [5.41, 5.74) is 5.19. The summed E-state index contributed by atoms with van der Waals surface area (Å²) < 4.78 is 13.6. The van der Waals surface area contributed by atoms with Crippen molar-refractivity contribution < 1.29 is 14.0 Å². The van der Waals surface area contributed by atoms with E-state index < -0.39 is 11.7 Å². The van der Waals surface area contributed by atoms with Gasteiger partial charge < -0.3 is 5.73 Å². The Morgan fingerprint density at radius 1 is 1.27 bits per heavy atom. The van der Waals surface area contributed by atoms with Crippen LogP contribution in [0.4, 0.5) is 4.39 Å². The third-order valence-electron chi connectivity index (χ3n) is 1.78. The zero-order chi connectivity index (χ0) is 11.4. The minimum absolute atomic E-state index is 0.00801. The van der Waals surface area contributed by atoms with Crippen molar-refractivity contribution in [2.45, 2.75) is 12.8 Å². The minimum atomic E-state index is -0.533. The third kappa shape index (κ3) is 3.94. The predicted octanol–water partition coefficient (Wildman–Crippen LogP) is 1.88. The third-order valence-corrected chi connectivity index (χ3v) is 2.41. The first-order valence-corrected chi connectivity index (χ1v) is 5.34. The lowest BCUT2D eigenvalue weighted by Gasteiger charge is -2.00. The maximum absolute atomic E-state index is 12.9. The number of primary amides is 1. The van der Waals surface area contributed by atoms with E-state index in [0.29, 0.717) is 3.57 Å². The Morgan fingerprint density at radius 3 is 2.47 bits per heavy atom. The average molecular weight is 321 g/mol. The molecule has 0 radical (unpaired) electrons. The molecule has 2 N–H and O–H groups in total. The van der Waals surface area contributed by atoms with Crippen molar-refractivity contribution in [1.82, 2.24) is 0 Å². The van der Waals surface area contributed by atoms with Gasteiger partial charge in [-0.3, -0.25) is 9.59 Å². The van der Waals surface area contributed by atoms with Crippen molar-refractivity contribution in [3.8, 4) is 0 Å². The number of rotatable bonds is 4. The average Bonchev–Trinajstić information content (AvgIpc) is 2.12. The topological polar surface area (TPSA) is 60.2 Å². The first-order chi connectivity index (χ1) is 6.99. The van der Waals surface area contributed by atoms with Crippen LogP contribution in [0.5, 0.6) is 0 Å². The second-order valence-electron chi connectivity index (χ2n) is 3.05. The highest BCUT2D eigenvalue weighted by Crippen LogP contribution is 2.13. The maximum Gasteiger partial charge on any atom is 0.217 e. The van der Waals surface area contributed by atoms with Gasteiger partial charge >= 0.3 is 0 Å². The van der Waals surface area contributed by atoms with E-state index in [1.807, 2.05) is 22.6 Å². The van der Waals surface area contributed by atoms with E-state index >= 15 is 0 Å². The molecule has 0 atom stereocenters. The summed E-state index contributed by atoms with van der Waals surface area (Å²) in [7, 11) is 0. The Bertz CT molecular complexity index is 386. The van der Waals surface area contributed by atoms with Gasteiger partial charge in [0.2, 0.25) is 5.91 Å². The van der Waals surface area contributed by atoms with Crippen molar-refractivity contribution >= 4 is 34.3 Å². The van der Waals surface area contributed by atoms with Crippen LogP contribution in [0.15, 0.2) is 18.2 Å². The molecule has 0 aliphatic rings. The largest absolute Gasteiger partial charge is 0.370 e. The van der Waals surface area contributed by atoms with Gasteiger partial charge in [-0.2, -0.15) is 0 Å². The van der Waals surface area contributed by atoms with Gasteiger partial charge in [-0.25, -0.2) is 4.39 Å². The van der Waals surface area contributed by atoms with Gasteiger partial charge in [-0.1, -0.05) is 0 Å². The lowest BCUT2D eigenvalue weighted by Crippen LogP contribution is -2.12. The molecule has 5 heteroatoms. The quantitative estimate of drug-likeness (QED) is 0.680. The lowest BCUT2D eigenvalue weighted by atomic mass is 10.1. The zero-order valence-electron chi connectivity index (χ0n) is 7.80. The molecule has 1 amide bonds. The van der Waals surface area contributed by atoms with Crippen molar-refractivity contribution in [2.24, 2.45) is 5.73 Å². The van der Waals surface area contributed by atoms with Gasteiger partial charge in [0.1, 0.15) is 5.82 Å². The monoisotopic (exact) mass is 321 g/mol. The fourth-order valence-corrected chi connectivity index (χ4v) is 1.73. The number of carbonyl (C=O) groups excluding carboxylic acids is 2. The molecule has 0 saturated heterocycles. The number of ketones is 1. The first kappa shape index (κ1) is 12.1. The van der Waals surface area contributed by atoms with Crippen LogP contribution in [0.3, 0.4) is 0 Å². The molecule has 3 nitrogen and oxygen atoms in total. The van der Waals surface area contributed by atoms with Gasteiger partial charge in [-0.15, -0.1) is 0 Å². The molecular formula is C10H9FINO2. The predicted molar refractivity (Wildman–Crippen MR) is 61.9 cm³/mol. The molecule has 1 aromatic rings. The van der Waals surface area contributed by atoms with Crippen LogP contribution < -0.4 is 5.73 Å². The van der Waals surface area contributed by atoms with E-state index in [2.05, 4.69) is 0 Å². The van der Waals surface area contributed by atoms with E-state index in [1.165, 1.54) is 6.07 Å². The highest BCUT2D eigenvalue weighted by molar-refractivity contribution is 14.1. The second-order valence-corrected chi connectivity index (χ2v) is 4.29. The summed E-state index contributed by atoms with van der Waals surface area (Å²) in [6.45, 7) is 0. The van der Waals surface area contributed by atoms with Crippen LogP contribution in [-0.4, -0.2) is 11.7 Å². The normalized spacial score (nSPS) is 10.0. The molecule has 0 saturated carbocycles. The minimum Gasteiger partial charge on any atom is -0.370 e. The highest BCUT2D eigenvalue weighted by Gasteiger charge is 2.09. The fourth-order valence-electron chi connectivity index (χ4n) is 1.10. The second kappa shape index (κ2) is 5.20. The molecule has 0 bridgehead atoms. The molecule has 0 spiro atoms. The number of carbonyl (C=O) groups is 2. The Kier molecular flexibility index (Phi) is 4.19. The summed E-state index contributed by atoms with van der Waals surface area (Å²) in [5.74, 6) is -1.26. The molecule has 1 rings (SSSR count). The Morgan fingerprint density at radius 2 is 1.93 bits per heavy atom. The van der Waals surface area contributed by atoms with Crippen LogP contribution in [0.2, 0.25) is 0 Å². The van der Waals surface area contributed by atoms with Crippen LogP contribution in [0.25, 0.3) is 0 Å². The molecule has 15 heavy (non-hydrogen) atoms. The summed E-state index contributed by atoms with van der Waals surface area (Å²) in [4.78, 5) is 21.9. The number of hydrogen-bond donors (Lipinski definition) is 1. The molecule has 0 fully saturated rings. The van der Waals surface area contributed by atoms with E-state index in [4.69, 9.17) is 5.73 Å². The van der Waals surface area contributed by atoms with E-state index in [1.54, 1.807) is 6.07 Å². The number of nitrogens with two attached hydrogens (primary N) is 1. The molecule has 0 aliphatic carbocycles. The Balaban J connectivity index is 2.77. The number of halogens is 2. The van der Waals surface area contributed by atoms with Crippen molar-refractivity contribution in [3.63, 3.8) is 0 Å². The van der Waals surface area contributed by atoms with Crippen LogP contribution in [0, 0.1) is 9.39 Å². The van der Waals surface area contributed by atoms with Crippen LogP contribution in [0.1, 0.15) is 23.2 Å². The number of benzene rings is 1. The van der Waals surface area contributed by atoms with E-state index in [9.17, 15) is 14.0 Å². The number of amides is 1. The smallest absolute Gasteiger partial charge is 0.217 e. The summed E-state index contributed by atoms with van der Waals surface area (Å²) in [6.07, 6.45) is 0.0147. The lowest BCUT2D eigenvalue weighted by molar-refractivity contribution is -0.118. The van der Waals surface area contributed by atoms with Gasteiger partial charge in [0.15, 0.2) is 5.78 Å². The van der Waals surface area contributed by atoms with Gasteiger partial charge in [0.05, 0.1) is 0 Å². The summed E-state index contributed by atoms with van der Waals surface area (Å²) in [5, 5.41) is 0. The molecular weight excluding hydrogens is 312 g/mol. The van der Waals surface area contributed by atoms with Gasteiger partial charge in [0.25, 0.3) is 0 Å². The molecule has 0 heterocycles. The number of hydrogen-bond acceptors (Lipinski definition) is 2. The molecule has 80 valence electrons. The van der Waals surface area contributed by atoms with Gasteiger partial charge in [-0.05, 0) is 40.8 Å². The molecule has 1 aromatic carbocycles. The van der Waals surface area contributed by atoms with Gasteiger partial charge in [0, 0.05) is 22.0 Å². The zero-order valence-corrected chi connectivity index (χ0v) is 9.95. The van der Waals surface area contributed by atoms with E-state index in [-0.39, 0.29) is 24.2 Å². The summed E-state index contributed by atoms with van der Waals surface area (Å²) >= 11 is 1.92. The highest BCUT2D eigenvalue weighted by atomic mass is 127. The Hall–Kier alpha value is -0.980. The van der Waals surface area contributed by atoms with Crippen molar-refractivity contribution in [3.05, 3.63) is 33.1 Å². The SMILES string of the molecule is NC(=O)CCC(=O)c1cc(F)cc(I)c1. The van der Waals surface area contributed by atoms with Crippen LogP contribution >= 0.6 is 22.6 Å².